The molecule has 0 aliphatic carbocycles. The van der Waals surface area contributed by atoms with Gasteiger partial charge in [-0.25, -0.2) is 0 Å². The second-order valence-corrected chi connectivity index (χ2v) is 21.1. The predicted molar refractivity (Wildman–Crippen MR) is 340 cm³/mol. The van der Waals surface area contributed by atoms with Crippen molar-refractivity contribution in [2.45, 2.75) is 269 Å². The number of nitrogens with one attached hydrogen (secondary N) is 1. The molecule has 1 rings (SSSR count). The van der Waals surface area contributed by atoms with Gasteiger partial charge in [0.15, 0.2) is 6.29 Å². The largest absolute Gasteiger partial charge is 0.394 e. The molecular weight excluding hydrogens is 995 g/mol. The van der Waals surface area contributed by atoms with Crippen LogP contribution in [0.25, 0.3) is 0 Å². The number of carbonyl (C=O) groups excluding carboxylic acids is 1. The van der Waals surface area contributed by atoms with E-state index in [1.807, 2.05) is 6.08 Å². The van der Waals surface area contributed by atoms with Crippen LogP contribution in [0, 0.1) is 0 Å². The van der Waals surface area contributed by atoms with Crippen LogP contribution in [0.4, 0.5) is 0 Å². The molecular formula is C71H115NO8. The lowest BCUT2D eigenvalue weighted by Crippen LogP contribution is -2.60. The number of aliphatic hydroxyl groups excluding tert-OH is 5. The van der Waals surface area contributed by atoms with Crippen molar-refractivity contribution in [3.63, 3.8) is 0 Å². The molecule has 7 atom stereocenters. The van der Waals surface area contributed by atoms with Crippen molar-refractivity contribution in [3.05, 3.63) is 158 Å². The van der Waals surface area contributed by atoms with E-state index < -0.39 is 49.5 Å². The molecule has 0 radical (unpaired) electrons. The highest BCUT2D eigenvalue weighted by molar-refractivity contribution is 5.76. The predicted octanol–water partition coefficient (Wildman–Crippen LogP) is 16.8. The number of rotatable bonds is 52. The highest BCUT2D eigenvalue weighted by atomic mass is 16.7. The summed E-state index contributed by atoms with van der Waals surface area (Å²) in [5, 5.41) is 54.5. The second-order valence-electron chi connectivity index (χ2n) is 21.1. The fourth-order valence-corrected chi connectivity index (χ4v) is 8.88. The van der Waals surface area contributed by atoms with Crippen LogP contribution in [0.2, 0.25) is 0 Å². The van der Waals surface area contributed by atoms with Gasteiger partial charge in [0.25, 0.3) is 0 Å². The maximum absolute atomic E-state index is 13.1. The van der Waals surface area contributed by atoms with Gasteiger partial charge in [0.1, 0.15) is 24.4 Å². The molecule has 0 aromatic heterocycles. The minimum absolute atomic E-state index is 0.224. The van der Waals surface area contributed by atoms with E-state index in [2.05, 4.69) is 165 Å². The second kappa shape index (κ2) is 58.0. The van der Waals surface area contributed by atoms with E-state index in [1.54, 1.807) is 6.08 Å². The highest BCUT2D eigenvalue weighted by Gasteiger charge is 2.44. The van der Waals surface area contributed by atoms with Crippen LogP contribution in [0.5, 0.6) is 0 Å². The lowest BCUT2D eigenvalue weighted by molar-refractivity contribution is -0.302. The third-order valence-electron chi connectivity index (χ3n) is 13.8. The number of allylic oxidation sites excluding steroid dienone is 25. The Balaban J connectivity index is 2.26. The summed E-state index contributed by atoms with van der Waals surface area (Å²) < 4.78 is 11.3. The lowest BCUT2D eigenvalue weighted by Gasteiger charge is -2.40. The lowest BCUT2D eigenvalue weighted by atomic mass is 9.99. The van der Waals surface area contributed by atoms with Gasteiger partial charge in [-0.15, -0.1) is 0 Å². The van der Waals surface area contributed by atoms with Crippen LogP contribution >= 0.6 is 0 Å². The number of hydrogen-bond donors (Lipinski definition) is 6. The van der Waals surface area contributed by atoms with Crippen LogP contribution in [0.15, 0.2) is 158 Å². The van der Waals surface area contributed by atoms with E-state index in [1.165, 1.54) is 89.9 Å². The van der Waals surface area contributed by atoms with Crippen molar-refractivity contribution >= 4 is 5.91 Å². The number of unbranched alkanes of at least 4 members (excludes halogenated alkanes) is 18. The summed E-state index contributed by atoms with van der Waals surface area (Å²) in [7, 11) is 0. The molecule has 452 valence electrons. The zero-order chi connectivity index (χ0) is 57.9. The molecule has 0 aromatic rings. The van der Waals surface area contributed by atoms with E-state index in [4.69, 9.17) is 9.47 Å². The summed E-state index contributed by atoms with van der Waals surface area (Å²) in [6.45, 7) is 3.62. The summed E-state index contributed by atoms with van der Waals surface area (Å²) in [5.74, 6) is -0.224. The molecule has 1 fully saturated rings. The summed E-state index contributed by atoms with van der Waals surface area (Å²) in [6, 6.07) is -0.853. The van der Waals surface area contributed by atoms with Crippen molar-refractivity contribution in [2.75, 3.05) is 13.2 Å². The number of aliphatic hydroxyl groups is 5. The van der Waals surface area contributed by atoms with Gasteiger partial charge in [-0.3, -0.25) is 4.79 Å². The van der Waals surface area contributed by atoms with Crippen molar-refractivity contribution in [3.8, 4) is 0 Å². The molecule has 1 saturated heterocycles. The molecule has 0 saturated carbocycles. The maximum atomic E-state index is 13.1. The van der Waals surface area contributed by atoms with Crippen molar-refractivity contribution in [1.82, 2.24) is 5.32 Å². The Morgan fingerprint density at radius 3 is 1.20 bits per heavy atom. The van der Waals surface area contributed by atoms with E-state index >= 15 is 0 Å². The molecule has 9 heteroatoms. The Kier molecular flexibility index (Phi) is 53.5. The topological polar surface area (TPSA) is 149 Å². The van der Waals surface area contributed by atoms with Gasteiger partial charge in [0.05, 0.1) is 25.4 Å². The Morgan fingerprint density at radius 1 is 0.438 bits per heavy atom. The Hall–Kier alpha value is -4.19. The fourth-order valence-electron chi connectivity index (χ4n) is 8.88. The molecule has 1 aliphatic rings. The summed E-state index contributed by atoms with van der Waals surface area (Å²) in [4.78, 5) is 13.1. The summed E-state index contributed by atoms with van der Waals surface area (Å²) >= 11 is 0. The van der Waals surface area contributed by atoms with E-state index in [-0.39, 0.29) is 18.9 Å². The molecule has 1 aliphatic heterocycles. The standard InChI is InChI=1S/C71H115NO8/c1-3-5-7-9-11-13-15-17-19-21-23-25-26-27-28-29-30-31-32-33-34-35-36-37-38-39-40-41-43-45-47-49-51-53-55-57-59-61-67(75)72-64(63-79-71-70(78)69(77)68(76)66(62-73)80-71)65(74)60-58-56-54-52-50-48-46-44-42-24-22-20-18-16-14-12-10-8-6-4-2/h5,7,11,13,17,19,23,25,27-28,30-31,33-34,36-37,39-40,43,45,49-52,58,60,64-66,68-71,73-74,76-78H,3-4,6,8-10,12,14-16,18,20-22,24,26,29,32,35,38,41-42,44,46-48,53-57,59,61-63H2,1-2H3,(H,72,75)/b7-5-,13-11-,19-17-,25-23-,28-27-,31-30-,34-33-,37-36-,40-39-,45-43-,51-49-,52-50+,60-58+. The summed E-state index contributed by atoms with van der Waals surface area (Å²) in [6.07, 6.45) is 84.6. The minimum Gasteiger partial charge on any atom is -0.394 e. The molecule has 6 N–H and O–H groups in total. The average Bonchev–Trinajstić information content (AvgIpc) is 3.46. The van der Waals surface area contributed by atoms with Gasteiger partial charge in [0.2, 0.25) is 5.91 Å². The van der Waals surface area contributed by atoms with Gasteiger partial charge >= 0.3 is 0 Å². The molecule has 7 unspecified atom stereocenters. The van der Waals surface area contributed by atoms with Gasteiger partial charge in [-0.05, 0) is 116 Å². The highest BCUT2D eigenvalue weighted by Crippen LogP contribution is 2.23. The quantitative estimate of drug-likeness (QED) is 0.0261. The van der Waals surface area contributed by atoms with Crippen LogP contribution in [-0.2, 0) is 14.3 Å². The Labute approximate surface area is 488 Å². The molecule has 0 spiro atoms. The molecule has 1 amide bonds. The Morgan fingerprint density at radius 2 is 0.787 bits per heavy atom. The van der Waals surface area contributed by atoms with Crippen LogP contribution < -0.4 is 5.32 Å². The maximum Gasteiger partial charge on any atom is 0.220 e. The monoisotopic (exact) mass is 1110 g/mol. The first kappa shape index (κ1) is 73.8. The van der Waals surface area contributed by atoms with E-state index in [0.717, 1.165) is 109 Å². The van der Waals surface area contributed by atoms with Crippen LogP contribution in [0.3, 0.4) is 0 Å². The van der Waals surface area contributed by atoms with Crippen molar-refractivity contribution < 1.29 is 39.8 Å². The number of ether oxygens (including phenoxy) is 2. The van der Waals surface area contributed by atoms with Crippen molar-refractivity contribution in [1.29, 1.82) is 0 Å². The third-order valence-corrected chi connectivity index (χ3v) is 13.8. The van der Waals surface area contributed by atoms with Crippen LogP contribution in [0.1, 0.15) is 226 Å². The fraction of sp³-hybridized carbons (Fsp3) is 0.620. The number of amides is 1. The first-order valence-corrected chi connectivity index (χ1v) is 31.7. The van der Waals surface area contributed by atoms with Crippen LogP contribution in [-0.4, -0.2) is 87.5 Å². The number of hydrogen-bond acceptors (Lipinski definition) is 8. The summed E-state index contributed by atoms with van der Waals surface area (Å²) in [5.41, 5.74) is 0. The molecule has 1 heterocycles. The van der Waals surface area contributed by atoms with E-state index in [0.29, 0.717) is 6.42 Å². The molecule has 9 nitrogen and oxygen atoms in total. The first-order valence-electron chi connectivity index (χ1n) is 31.7. The normalized spacial score (nSPS) is 19.6. The Bertz CT molecular complexity index is 1810. The van der Waals surface area contributed by atoms with Gasteiger partial charge in [-0.2, -0.15) is 0 Å². The minimum atomic E-state index is -1.59. The molecule has 0 bridgehead atoms. The van der Waals surface area contributed by atoms with Gasteiger partial charge in [0, 0.05) is 6.42 Å². The molecule has 0 aromatic carbocycles. The average molecular weight is 1110 g/mol. The first-order chi connectivity index (χ1) is 39.3. The third kappa shape index (κ3) is 46.4. The zero-order valence-corrected chi connectivity index (χ0v) is 50.3. The smallest absolute Gasteiger partial charge is 0.220 e. The number of carbonyl (C=O) groups is 1. The van der Waals surface area contributed by atoms with E-state index in [9.17, 15) is 30.3 Å². The van der Waals surface area contributed by atoms with Gasteiger partial charge in [-0.1, -0.05) is 262 Å². The van der Waals surface area contributed by atoms with Gasteiger partial charge < -0.3 is 40.3 Å². The van der Waals surface area contributed by atoms with Crippen molar-refractivity contribution in [2.24, 2.45) is 0 Å². The SMILES string of the molecule is CC/C=C\C/C=C\C/C=C\C/C=C\C/C=C\C/C=C\C/C=C\C/C=C\C/C=C\C/C=C\C/C=C\CCCCCC(=O)NC(COC1OC(CO)C(O)C(O)C1O)C(O)/C=C/CC/C=C/CCCCCCCCCCCCCCCC. The molecule has 80 heavy (non-hydrogen) atoms. The zero-order valence-electron chi connectivity index (χ0n) is 50.3.